The number of fused-ring (bicyclic) bond motifs is 3. The topological polar surface area (TPSA) is 166 Å². The second-order valence-electron chi connectivity index (χ2n) is 14.2. The number of aliphatic hydroxyl groups excluding tert-OH is 1. The molecule has 5 rings (SSSR count). The number of ether oxygens (including phenoxy) is 3. The number of hydrogen-bond donors (Lipinski definition) is 4. The number of carbonyl (C=O) groups is 3. The van der Waals surface area contributed by atoms with Gasteiger partial charge in [0.2, 0.25) is 0 Å². The lowest BCUT2D eigenvalue weighted by molar-refractivity contribution is -0.235. The summed E-state index contributed by atoms with van der Waals surface area (Å²) in [5.41, 5.74) is 4.69. The first-order valence-corrected chi connectivity index (χ1v) is 15.8. The van der Waals surface area contributed by atoms with Crippen LogP contribution in [-0.2, 0) is 28.6 Å². The monoisotopic (exact) mass is 591 g/mol. The van der Waals surface area contributed by atoms with Crippen molar-refractivity contribution in [3.8, 4) is 0 Å². The average molecular weight is 592 g/mol. The normalized spacial score (nSPS) is 40.7. The Bertz CT molecular complexity index is 1080. The molecular formula is C32H49NO9. The third-order valence-electron chi connectivity index (χ3n) is 11.2. The molecule has 5 aliphatic rings. The Hall–Kier alpha value is -1.85. The van der Waals surface area contributed by atoms with Crippen LogP contribution in [0.5, 0.6) is 0 Å². The van der Waals surface area contributed by atoms with Crippen molar-refractivity contribution in [2.75, 3.05) is 33.0 Å². The summed E-state index contributed by atoms with van der Waals surface area (Å²) in [5.74, 6) is -2.14. The van der Waals surface area contributed by atoms with E-state index in [1.165, 1.54) is 6.92 Å². The molecular weight excluding hydrogens is 542 g/mol. The third-order valence-corrected chi connectivity index (χ3v) is 11.2. The smallest absolute Gasteiger partial charge is 0.307 e. The van der Waals surface area contributed by atoms with Gasteiger partial charge in [0.25, 0.3) is 0 Å². The van der Waals surface area contributed by atoms with Gasteiger partial charge in [-0.25, -0.2) is 0 Å². The number of carbonyl (C=O) groups excluding carboxylic acids is 2. The highest BCUT2D eigenvalue weighted by Gasteiger charge is 2.64. The van der Waals surface area contributed by atoms with E-state index in [0.29, 0.717) is 25.6 Å². The Labute approximate surface area is 248 Å². The van der Waals surface area contributed by atoms with E-state index in [1.54, 1.807) is 6.08 Å². The van der Waals surface area contributed by atoms with Gasteiger partial charge in [0.1, 0.15) is 11.7 Å². The fourth-order valence-corrected chi connectivity index (χ4v) is 9.69. The van der Waals surface area contributed by atoms with Gasteiger partial charge >= 0.3 is 11.9 Å². The number of aliphatic carboxylic acids is 1. The second-order valence-corrected chi connectivity index (χ2v) is 14.2. The highest BCUT2D eigenvalue weighted by Crippen LogP contribution is 2.64. The number of carboxylic acid groups (broad SMARTS) is 1. The van der Waals surface area contributed by atoms with Gasteiger partial charge in [-0.05, 0) is 87.2 Å². The van der Waals surface area contributed by atoms with E-state index in [9.17, 15) is 29.7 Å². The number of allylic oxidation sites excluding steroid dienone is 1. The molecule has 3 saturated carbocycles. The minimum atomic E-state index is -1.50. The molecule has 0 amide bonds. The van der Waals surface area contributed by atoms with Gasteiger partial charge in [-0.3, -0.25) is 14.4 Å². The van der Waals surface area contributed by atoms with Gasteiger partial charge in [0.15, 0.2) is 5.78 Å². The molecule has 4 fully saturated rings. The summed E-state index contributed by atoms with van der Waals surface area (Å²) in [6, 6.07) is 0. The second kappa shape index (κ2) is 12.3. The molecule has 236 valence electrons. The van der Waals surface area contributed by atoms with E-state index >= 15 is 0 Å². The van der Waals surface area contributed by atoms with Gasteiger partial charge in [-0.2, -0.15) is 0 Å². The van der Waals surface area contributed by atoms with Crippen LogP contribution in [0.3, 0.4) is 0 Å². The molecule has 11 atom stereocenters. The lowest BCUT2D eigenvalue weighted by Crippen LogP contribution is -2.64. The third kappa shape index (κ3) is 5.58. The van der Waals surface area contributed by atoms with Crippen molar-refractivity contribution >= 4 is 17.7 Å². The number of nitrogens with two attached hydrogens (primary N) is 1. The van der Waals surface area contributed by atoms with Crippen LogP contribution in [0.25, 0.3) is 0 Å². The maximum absolute atomic E-state index is 13.9. The van der Waals surface area contributed by atoms with E-state index < -0.39 is 53.6 Å². The number of ketones is 1. The van der Waals surface area contributed by atoms with Crippen LogP contribution in [-0.4, -0.2) is 83.8 Å². The molecule has 10 heteroatoms. The first kappa shape index (κ1) is 31.6. The maximum Gasteiger partial charge on any atom is 0.307 e. The molecule has 1 aliphatic heterocycles. The molecule has 8 unspecified atom stereocenters. The van der Waals surface area contributed by atoms with Crippen molar-refractivity contribution in [3.63, 3.8) is 0 Å². The molecule has 0 spiro atoms. The number of esters is 1. The molecule has 4 aliphatic carbocycles. The zero-order valence-electron chi connectivity index (χ0n) is 25.2. The van der Waals surface area contributed by atoms with Gasteiger partial charge in [0.05, 0.1) is 38.4 Å². The van der Waals surface area contributed by atoms with Gasteiger partial charge in [-0.1, -0.05) is 19.4 Å². The first-order chi connectivity index (χ1) is 19.9. The highest BCUT2D eigenvalue weighted by atomic mass is 16.6. The summed E-state index contributed by atoms with van der Waals surface area (Å²) < 4.78 is 18.4. The lowest BCUT2D eigenvalue weighted by Gasteiger charge is -2.63. The summed E-state index contributed by atoms with van der Waals surface area (Å²) in [6.07, 6.45) is 5.38. The molecule has 42 heavy (non-hydrogen) atoms. The van der Waals surface area contributed by atoms with Crippen LogP contribution in [0.2, 0.25) is 0 Å². The zero-order chi connectivity index (χ0) is 30.4. The van der Waals surface area contributed by atoms with Crippen molar-refractivity contribution in [3.05, 3.63) is 11.6 Å². The molecule has 2 bridgehead atoms. The van der Waals surface area contributed by atoms with Gasteiger partial charge in [0, 0.05) is 24.2 Å². The molecule has 1 saturated heterocycles. The molecule has 0 aromatic rings. The van der Waals surface area contributed by atoms with Gasteiger partial charge in [-0.15, -0.1) is 0 Å². The van der Waals surface area contributed by atoms with Crippen molar-refractivity contribution in [1.29, 1.82) is 0 Å². The molecule has 0 aromatic carbocycles. The number of hydrogen-bond acceptors (Lipinski definition) is 9. The lowest BCUT2D eigenvalue weighted by atomic mass is 9.45. The summed E-state index contributed by atoms with van der Waals surface area (Å²) in [7, 11) is 0. The quantitative estimate of drug-likeness (QED) is 0.277. The molecule has 1 heterocycles. The van der Waals surface area contributed by atoms with Crippen LogP contribution in [0.15, 0.2) is 11.6 Å². The fourth-order valence-electron chi connectivity index (χ4n) is 9.69. The minimum absolute atomic E-state index is 0.00248. The van der Waals surface area contributed by atoms with Crippen LogP contribution in [0.1, 0.15) is 65.7 Å². The number of rotatable bonds is 10. The average Bonchev–Trinajstić information content (AvgIpc) is 2.92. The van der Waals surface area contributed by atoms with Crippen LogP contribution in [0, 0.1) is 52.8 Å². The maximum atomic E-state index is 13.9. The van der Waals surface area contributed by atoms with Crippen molar-refractivity contribution in [2.24, 2.45) is 58.5 Å². The van der Waals surface area contributed by atoms with Crippen molar-refractivity contribution < 1.29 is 43.9 Å². The number of aliphatic hydroxyl groups is 2. The summed E-state index contributed by atoms with van der Waals surface area (Å²) in [5, 5.41) is 30.9. The van der Waals surface area contributed by atoms with Crippen LogP contribution >= 0.6 is 0 Å². The summed E-state index contributed by atoms with van der Waals surface area (Å²) >= 11 is 0. The molecule has 5 N–H and O–H groups in total. The number of carboxylic acids is 1. The Kier molecular flexibility index (Phi) is 9.22. The van der Waals surface area contributed by atoms with Crippen molar-refractivity contribution in [1.82, 2.24) is 0 Å². The Morgan fingerprint density at radius 2 is 1.98 bits per heavy atom. The highest BCUT2D eigenvalue weighted by molar-refractivity contribution is 5.97. The van der Waals surface area contributed by atoms with E-state index in [2.05, 4.69) is 13.8 Å². The molecule has 10 nitrogen and oxygen atoms in total. The molecule has 0 aromatic heterocycles. The standard InChI is InChI=1S/C32H49NO9/c1-17(2)10-19-4-5-21-20-6-7-23-22-13-40-16-32(23,24(20)11-25(36)28(21)27(19)30(37)38)12-26(42-18(3)35)29(22)41-15-31(39,14-34)8-9-33/h11,17,19-23,26-29,34,39H,4-10,12-16,33H2,1-3H3,(H,37,38)/t19?,20?,21?,22?,23?,26-,27?,28?,29-,31?,32+/m1/s1. The van der Waals surface area contributed by atoms with E-state index in [-0.39, 0.29) is 54.9 Å². The largest absolute Gasteiger partial charge is 0.481 e. The Morgan fingerprint density at radius 1 is 1.21 bits per heavy atom. The van der Waals surface area contributed by atoms with Crippen LogP contribution < -0.4 is 5.73 Å². The van der Waals surface area contributed by atoms with Crippen LogP contribution in [0.4, 0.5) is 0 Å². The molecule has 0 radical (unpaired) electrons. The first-order valence-electron chi connectivity index (χ1n) is 15.8. The predicted molar refractivity (Wildman–Crippen MR) is 152 cm³/mol. The van der Waals surface area contributed by atoms with E-state index in [0.717, 1.165) is 37.7 Å². The van der Waals surface area contributed by atoms with Crippen molar-refractivity contribution in [2.45, 2.75) is 83.5 Å². The van der Waals surface area contributed by atoms with E-state index in [1.807, 2.05) is 0 Å². The fraction of sp³-hybridized carbons (Fsp3) is 0.844. The predicted octanol–water partition coefficient (Wildman–Crippen LogP) is 2.34. The van der Waals surface area contributed by atoms with E-state index in [4.69, 9.17) is 19.9 Å². The summed E-state index contributed by atoms with van der Waals surface area (Å²) in [6.45, 7) is 5.92. The SMILES string of the molecule is CC(=O)O[C@@H]1C[C@]23COCC(C2CCC2C3=CC(=O)C3C2CCC(CC(C)C)C3C(=O)O)[C@H]1OCC(O)(CO)CCN. The Balaban J connectivity index is 1.48. The van der Waals surface area contributed by atoms with Gasteiger partial charge < -0.3 is 35.3 Å². The zero-order valence-corrected chi connectivity index (χ0v) is 25.2. The summed E-state index contributed by atoms with van der Waals surface area (Å²) in [4.78, 5) is 38.8. The minimum Gasteiger partial charge on any atom is -0.481 e. The Morgan fingerprint density at radius 3 is 2.62 bits per heavy atom.